The summed E-state index contributed by atoms with van der Waals surface area (Å²) in [7, 11) is 0. The Hall–Kier alpha value is -5.31. The van der Waals surface area contributed by atoms with E-state index in [0.29, 0.717) is 36.5 Å². The summed E-state index contributed by atoms with van der Waals surface area (Å²) in [6.07, 6.45) is 12.8. The molecule has 0 aliphatic heterocycles. The average Bonchev–Trinajstić information content (AvgIpc) is 3.32. The first-order valence-corrected chi connectivity index (χ1v) is 29.3. The summed E-state index contributed by atoms with van der Waals surface area (Å²) in [5.74, 6) is -0.762. The van der Waals surface area contributed by atoms with Gasteiger partial charge in [0, 0.05) is 0 Å². The fourth-order valence-corrected chi connectivity index (χ4v) is 10.1. The summed E-state index contributed by atoms with van der Waals surface area (Å²) >= 11 is 0. The number of hydrogen-bond acceptors (Lipinski definition) is 9. The van der Waals surface area contributed by atoms with Crippen LogP contribution in [0.4, 0.5) is 0 Å². The van der Waals surface area contributed by atoms with Crippen molar-refractivity contribution < 1.29 is 43.9 Å². The van der Waals surface area contributed by atoms with Gasteiger partial charge in [0.1, 0.15) is 17.2 Å². The van der Waals surface area contributed by atoms with Gasteiger partial charge in [0.25, 0.3) is 0 Å². The van der Waals surface area contributed by atoms with Crippen LogP contribution in [-0.2, 0) is 66.0 Å². The molecule has 0 aromatic heterocycles. The Morgan fingerprint density at radius 2 is 0.564 bits per heavy atom. The molecule has 0 unspecified atom stereocenters. The number of aryl methyl sites for hydroxylation is 3. The average molecular weight is 1080 g/mol. The van der Waals surface area contributed by atoms with E-state index in [1.807, 2.05) is 0 Å². The molecule has 0 radical (unpaired) electrons. The van der Waals surface area contributed by atoms with Crippen LogP contribution in [0.3, 0.4) is 0 Å². The molecule has 4 aromatic rings. The number of ether oxygens (including phenoxy) is 3. The van der Waals surface area contributed by atoms with Crippen molar-refractivity contribution in [2.24, 2.45) is 0 Å². The lowest BCUT2D eigenvalue weighted by atomic mass is 9.78. The molecule has 78 heavy (non-hydrogen) atoms. The number of unbranched alkanes of at least 4 members (excludes halogenated alkanes) is 9. The summed E-state index contributed by atoms with van der Waals surface area (Å²) in [4.78, 5) is 40.9. The Bertz CT molecular complexity index is 2540. The zero-order valence-electron chi connectivity index (χ0n) is 51.7. The van der Waals surface area contributed by atoms with Crippen LogP contribution in [0.1, 0.15) is 283 Å². The molecule has 0 aliphatic rings. The normalized spacial score (nSPS) is 12.7. The Morgan fingerprint density at radius 3 is 0.833 bits per heavy atom. The molecule has 0 saturated carbocycles. The van der Waals surface area contributed by atoms with Crippen molar-refractivity contribution in [3.05, 3.63) is 121 Å². The van der Waals surface area contributed by atoms with Crippen molar-refractivity contribution in [3.63, 3.8) is 0 Å². The zero-order valence-corrected chi connectivity index (χ0v) is 51.7. The van der Waals surface area contributed by atoms with Crippen molar-refractivity contribution in [1.29, 1.82) is 0 Å². The number of carbonyl (C=O) groups is 3. The van der Waals surface area contributed by atoms with E-state index < -0.39 is 17.9 Å². The van der Waals surface area contributed by atoms with Gasteiger partial charge < -0.3 is 29.5 Å². The van der Waals surface area contributed by atoms with Crippen LogP contribution in [-0.4, -0.2) is 53.0 Å². The molecule has 9 nitrogen and oxygen atoms in total. The van der Waals surface area contributed by atoms with Gasteiger partial charge in [-0.25, -0.2) is 14.4 Å². The molecule has 0 aliphatic carbocycles. The van der Waals surface area contributed by atoms with Gasteiger partial charge in [-0.3, -0.25) is 0 Å². The molecule has 0 spiro atoms. The van der Waals surface area contributed by atoms with Crippen LogP contribution in [0.5, 0.6) is 17.2 Å². The Balaban J connectivity index is 1.35. The van der Waals surface area contributed by atoms with E-state index in [1.165, 1.54) is 34.9 Å². The highest BCUT2D eigenvalue weighted by molar-refractivity contribution is 6.05. The lowest BCUT2D eigenvalue weighted by Crippen LogP contribution is -2.18. The van der Waals surface area contributed by atoms with E-state index in [2.05, 4.69) is 161 Å². The number of carbonyl (C=O) groups excluding carboxylic acids is 3. The number of aromatic hydroxyl groups is 3. The lowest BCUT2D eigenvalue weighted by molar-refractivity contribution is 0.0448. The molecule has 9 heteroatoms. The van der Waals surface area contributed by atoms with Crippen LogP contribution >= 0.6 is 0 Å². The molecule has 432 valence electrons. The van der Waals surface area contributed by atoms with Crippen molar-refractivity contribution >= 4 is 17.9 Å². The second-order valence-electron chi connectivity index (χ2n) is 28.3. The molecule has 0 saturated heterocycles. The van der Waals surface area contributed by atoms with E-state index in [0.717, 1.165) is 110 Å². The fourth-order valence-electron chi connectivity index (χ4n) is 10.1. The lowest BCUT2D eigenvalue weighted by Gasteiger charge is -2.28. The summed E-state index contributed by atoms with van der Waals surface area (Å²) in [6.45, 7) is 38.8. The highest BCUT2D eigenvalue weighted by Gasteiger charge is 2.30. The molecule has 4 aromatic carbocycles. The quantitative estimate of drug-likeness (QED) is 0.0355. The second-order valence-corrected chi connectivity index (χ2v) is 28.3. The topological polar surface area (TPSA) is 140 Å². The minimum atomic E-state index is -0.693. The summed E-state index contributed by atoms with van der Waals surface area (Å²) in [6, 6.07) is 17.2. The SMILES string of the molecule is CC(C)(C)c1cc(CCCCCCOC(=O)c2ccc(C(=O)OCCCCCCc3cc(C(C)(C)C)c(O)c(C(C)(C)C)c3)c(C(=O)OCCCCCCc3cc(C(C)(C)C)c(O)c(C(C)(C)C)c3)c2)cc(C(C)(C)C)c1O. The van der Waals surface area contributed by atoms with Gasteiger partial charge in [0.2, 0.25) is 0 Å². The predicted octanol–water partition coefficient (Wildman–Crippen LogP) is 17.5. The summed E-state index contributed by atoms with van der Waals surface area (Å²) in [5.41, 5.74) is 8.42. The van der Waals surface area contributed by atoms with E-state index in [4.69, 9.17) is 14.2 Å². The van der Waals surface area contributed by atoms with Crippen LogP contribution in [0.2, 0.25) is 0 Å². The first-order chi connectivity index (χ1) is 36.0. The number of phenols is 3. The number of hydrogen-bond donors (Lipinski definition) is 3. The number of esters is 3. The Labute approximate surface area is 471 Å². The van der Waals surface area contributed by atoms with Gasteiger partial charge in [-0.1, -0.05) is 200 Å². The van der Waals surface area contributed by atoms with E-state index >= 15 is 0 Å². The van der Waals surface area contributed by atoms with Crippen LogP contribution in [0.15, 0.2) is 54.6 Å². The largest absolute Gasteiger partial charge is 0.507 e. The van der Waals surface area contributed by atoms with E-state index in [-0.39, 0.29) is 69.0 Å². The highest BCUT2D eigenvalue weighted by atomic mass is 16.5. The maximum atomic E-state index is 13.8. The summed E-state index contributed by atoms with van der Waals surface area (Å²) < 4.78 is 17.2. The zero-order chi connectivity index (χ0) is 58.6. The van der Waals surface area contributed by atoms with Crippen LogP contribution in [0, 0.1) is 0 Å². The first-order valence-electron chi connectivity index (χ1n) is 29.3. The van der Waals surface area contributed by atoms with Crippen molar-refractivity contribution in [2.45, 2.75) is 253 Å². The van der Waals surface area contributed by atoms with Gasteiger partial charge in [-0.15, -0.1) is 0 Å². The van der Waals surface area contributed by atoms with E-state index in [9.17, 15) is 29.7 Å². The molecular formula is C69H102O9. The number of rotatable bonds is 24. The smallest absolute Gasteiger partial charge is 0.339 e. The summed E-state index contributed by atoms with van der Waals surface area (Å²) in [5, 5.41) is 33.5. The molecule has 0 atom stereocenters. The Morgan fingerprint density at radius 1 is 0.321 bits per heavy atom. The number of benzene rings is 4. The molecular weight excluding hydrogens is 973 g/mol. The van der Waals surface area contributed by atoms with Gasteiger partial charge in [0.05, 0.1) is 36.5 Å². The van der Waals surface area contributed by atoms with Crippen LogP contribution < -0.4 is 0 Å². The van der Waals surface area contributed by atoms with Crippen LogP contribution in [0.25, 0.3) is 0 Å². The number of phenolic OH excluding ortho intramolecular Hbond substituents is 3. The third kappa shape index (κ3) is 19.2. The maximum Gasteiger partial charge on any atom is 0.339 e. The van der Waals surface area contributed by atoms with Crippen molar-refractivity contribution in [2.75, 3.05) is 19.8 Å². The monoisotopic (exact) mass is 1070 g/mol. The first kappa shape index (κ1) is 65.2. The predicted molar refractivity (Wildman–Crippen MR) is 320 cm³/mol. The molecule has 0 heterocycles. The standard InChI is InChI=1S/C69H102O9/c1-64(2,3)52-39-46(40-53(58(52)70)65(4,5)6)31-25-19-22-28-36-76-61(73)49-34-35-50(62(74)77-37-29-23-20-26-32-47-41-54(66(7,8)9)59(71)55(42-47)67(10,11)12)51(45-49)63(75)78-38-30-24-21-27-33-48-43-56(68(13,14)15)60(72)57(44-48)69(16,17)18/h34-35,39-45,70-72H,19-33,36-38H2,1-18H3. The highest BCUT2D eigenvalue weighted by Crippen LogP contribution is 2.43. The Kier molecular flexibility index (Phi) is 22.8. The van der Waals surface area contributed by atoms with Crippen molar-refractivity contribution in [3.8, 4) is 17.2 Å². The fraction of sp³-hybridized carbons (Fsp3) is 0.609. The van der Waals surface area contributed by atoms with Gasteiger partial charge >= 0.3 is 17.9 Å². The second kappa shape index (κ2) is 27.2. The minimum absolute atomic E-state index is 0.0253. The maximum absolute atomic E-state index is 13.8. The molecule has 0 amide bonds. The van der Waals surface area contributed by atoms with Gasteiger partial charge in [0.15, 0.2) is 0 Å². The third-order valence-electron chi connectivity index (χ3n) is 14.8. The molecule has 0 fully saturated rings. The molecule has 0 bridgehead atoms. The third-order valence-corrected chi connectivity index (χ3v) is 14.8. The molecule has 4 rings (SSSR count). The van der Waals surface area contributed by atoms with Crippen molar-refractivity contribution in [1.82, 2.24) is 0 Å². The molecule has 3 N–H and O–H groups in total. The minimum Gasteiger partial charge on any atom is -0.507 e. The van der Waals surface area contributed by atoms with Gasteiger partial charge in [-0.2, -0.15) is 0 Å². The van der Waals surface area contributed by atoms with Gasteiger partial charge in [-0.05, 0) is 159 Å². The van der Waals surface area contributed by atoms with E-state index in [1.54, 1.807) is 0 Å².